The number of aryl methyl sites for hydroxylation is 2. The number of hydrogen-bond acceptors (Lipinski definition) is 5. The first kappa shape index (κ1) is 24.5. The second kappa shape index (κ2) is 10.5. The summed E-state index contributed by atoms with van der Waals surface area (Å²) in [6.45, 7) is 10.3. The van der Waals surface area contributed by atoms with Gasteiger partial charge in [-0.3, -0.25) is 9.10 Å². The van der Waals surface area contributed by atoms with E-state index in [-0.39, 0.29) is 6.54 Å². The van der Waals surface area contributed by atoms with Gasteiger partial charge in [0.15, 0.2) is 11.5 Å². The van der Waals surface area contributed by atoms with Gasteiger partial charge in [0, 0.05) is 6.54 Å². The first-order valence-electron chi connectivity index (χ1n) is 10.3. The summed E-state index contributed by atoms with van der Waals surface area (Å²) >= 11 is 0. The Morgan fingerprint density at radius 3 is 2.29 bits per heavy atom. The molecule has 0 bridgehead atoms. The number of hydrogen-bond donors (Lipinski definition) is 1. The molecule has 2 rings (SSSR count). The van der Waals surface area contributed by atoms with Crippen molar-refractivity contribution in [2.75, 3.05) is 23.8 Å². The molecule has 0 fully saturated rings. The van der Waals surface area contributed by atoms with Crippen LogP contribution in [0, 0.1) is 13.8 Å². The number of nitrogens with one attached hydrogen (secondary N) is 1. The van der Waals surface area contributed by atoms with Crippen molar-refractivity contribution in [2.24, 2.45) is 0 Å². The van der Waals surface area contributed by atoms with Gasteiger partial charge in [-0.25, -0.2) is 8.42 Å². The lowest BCUT2D eigenvalue weighted by atomic mass is 10.1. The van der Waals surface area contributed by atoms with Crippen LogP contribution in [0.4, 0.5) is 5.69 Å². The zero-order valence-electron chi connectivity index (χ0n) is 19.1. The van der Waals surface area contributed by atoms with Crippen molar-refractivity contribution in [3.05, 3.63) is 53.1 Å². The third kappa shape index (κ3) is 6.37. The van der Waals surface area contributed by atoms with Gasteiger partial charge >= 0.3 is 0 Å². The molecule has 0 radical (unpaired) electrons. The van der Waals surface area contributed by atoms with E-state index in [0.717, 1.165) is 22.9 Å². The second-order valence-corrected chi connectivity index (χ2v) is 9.25. The van der Waals surface area contributed by atoms with Gasteiger partial charge in [0.05, 0.1) is 25.2 Å². The summed E-state index contributed by atoms with van der Waals surface area (Å²) in [5.41, 5.74) is 3.03. The van der Waals surface area contributed by atoms with Gasteiger partial charge in [-0.2, -0.15) is 0 Å². The van der Waals surface area contributed by atoms with Crippen molar-refractivity contribution < 1.29 is 22.7 Å². The van der Waals surface area contributed by atoms with Crippen molar-refractivity contribution in [1.82, 2.24) is 5.32 Å². The molecule has 0 aromatic heterocycles. The number of rotatable bonds is 10. The predicted molar refractivity (Wildman–Crippen MR) is 123 cm³/mol. The lowest BCUT2D eigenvalue weighted by Crippen LogP contribution is -2.48. The van der Waals surface area contributed by atoms with E-state index in [1.807, 2.05) is 52.0 Å². The van der Waals surface area contributed by atoms with E-state index in [9.17, 15) is 13.2 Å². The van der Waals surface area contributed by atoms with Gasteiger partial charge in [-0.15, -0.1) is 0 Å². The molecule has 1 N–H and O–H groups in total. The van der Waals surface area contributed by atoms with Gasteiger partial charge in [0.25, 0.3) is 0 Å². The zero-order valence-corrected chi connectivity index (χ0v) is 19.9. The van der Waals surface area contributed by atoms with Gasteiger partial charge < -0.3 is 14.8 Å². The van der Waals surface area contributed by atoms with Gasteiger partial charge in [0.1, 0.15) is 6.04 Å². The first-order valence-corrected chi connectivity index (χ1v) is 12.2. The Kier molecular flexibility index (Phi) is 8.33. The molecule has 0 saturated carbocycles. The SMILES string of the molecule is CCOc1ccc(CNC(=O)[C@H](C)N(c2cc(C)ccc2C)S(C)(=O)=O)cc1OCC. The van der Waals surface area contributed by atoms with Crippen molar-refractivity contribution in [3.8, 4) is 11.5 Å². The predicted octanol–water partition coefficient (Wildman–Crippen LogP) is 3.57. The fourth-order valence-corrected chi connectivity index (χ4v) is 4.50. The number of carbonyl (C=O) groups excluding carboxylic acids is 1. The van der Waals surface area contributed by atoms with Crippen LogP contribution in [0.15, 0.2) is 36.4 Å². The maximum absolute atomic E-state index is 12.9. The number of sulfonamides is 1. The van der Waals surface area contributed by atoms with Crippen LogP contribution in [0.5, 0.6) is 11.5 Å². The minimum absolute atomic E-state index is 0.236. The molecule has 0 saturated heterocycles. The van der Waals surface area contributed by atoms with Crippen LogP contribution in [0.2, 0.25) is 0 Å². The fraction of sp³-hybridized carbons (Fsp3) is 0.435. The molecule has 170 valence electrons. The summed E-state index contributed by atoms with van der Waals surface area (Å²) in [7, 11) is -3.67. The molecular formula is C23H32N2O5S. The van der Waals surface area contributed by atoms with Crippen molar-refractivity contribution >= 4 is 21.6 Å². The quantitative estimate of drug-likeness (QED) is 0.601. The third-order valence-corrected chi connectivity index (χ3v) is 5.99. The number of ether oxygens (including phenoxy) is 2. The van der Waals surface area contributed by atoms with Crippen LogP contribution < -0.4 is 19.1 Å². The zero-order chi connectivity index (χ0) is 23.2. The Bertz CT molecular complexity index is 1020. The molecule has 0 aliphatic heterocycles. The molecule has 1 atom stereocenters. The largest absolute Gasteiger partial charge is 0.490 e. The first-order chi connectivity index (χ1) is 14.6. The maximum Gasteiger partial charge on any atom is 0.243 e. The van der Waals surface area contributed by atoms with Crippen LogP contribution in [0.3, 0.4) is 0 Å². The van der Waals surface area contributed by atoms with Gasteiger partial charge in [-0.05, 0) is 69.5 Å². The highest BCUT2D eigenvalue weighted by Crippen LogP contribution is 2.29. The monoisotopic (exact) mass is 448 g/mol. The highest BCUT2D eigenvalue weighted by Gasteiger charge is 2.30. The van der Waals surface area contributed by atoms with E-state index in [1.165, 1.54) is 4.31 Å². The summed E-state index contributed by atoms with van der Waals surface area (Å²) in [5, 5.41) is 2.83. The Morgan fingerprint density at radius 2 is 1.68 bits per heavy atom. The molecule has 0 aliphatic rings. The molecule has 31 heavy (non-hydrogen) atoms. The minimum Gasteiger partial charge on any atom is -0.490 e. The number of carbonyl (C=O) groups is 1. The standard InChI is InChI=1S/C23H32N2O5S/c1-7-29-21-12-11-19(14-22(21)30-8-2)15-24-23(26)18(5)25(31(6,27)28)20-13-16(3)9-10-17(20)4/h9-14,18H,7-8,15H2,1-6H3,(H,24,26)/t18-/m0/s1. The molecule has 8 heteroatoms. The average Bonchev–Trinajstić information content (AvgIpc) is 2.70. The molecule has 0 unspecified atom stereocenters. The fourth-order valence-electron chi connectivity index (χ4n) is 3.28. The normalized spacial score (nSPS) is 12.2. The highest BCUT2D eigenvalue weighted by molar-refractivity contribution is 7.92. The summed E-state index contributed by atoms with van der Waals surface area (Å²) in [6, 6.07) is 10.1. The van der Waals surface area contributed by atoms with E-state index in [2.05, 4.69) is 5.32 Å². The smallest absolute Gasteiger partial charge is 0.243 e. The molecular weight excluding hydrogens is 416 g/mol. The molecule has 7 nitrogen and oxygen atoms in total. The maximum atomic E-state index is 12.9. The van der Waals surface area contributed by atoms with E-state index in [4.69, 9.17) is 9.47 Å². The summed E-state index contributed by atoms with van der Waals surface area (Å²) < 4.78 is 37.5. The van der Waals surface area contributed by atoms with Crippen molar-refractivity contribution in [3.63, 3.8) is 0 Å². The number of anilines is 1. The lowest BCUT2D eigenvalue weighted by molar-refractivity contribution is -0.122. The van der Waals surface area contributed by atoms with Crippen LogP contribution in [0.1, 0.15) is 37.5 Å². The number of amides is 1. The minimum atomic E-state index is -3.67. The van der Waals surface area contributed by atoms with E-state index < -0.39 is 22.0 Å². The Hall–Kier alpha value is -2.74. The third-order valence-electron chi connectivity index (χ3n) is 4.77. The van der Waals surface area contributed by atoms with Crippen LogP contribution in [-0.4, -0.2) is 39.8 Å². The molecule has 1 amide bonds. The van der Waals surface area contributed by atoms with E-state index in [0.29, 0.717) is 30.4 Å². The van der Waals surface area contributed by atoms with Crippen molar-refractivity contribution in [1.29, 1.82) is 0 Å². The number of nitrogens with zero attached hydrogens (tertiary/aromatic N) is 1. The summed E-state index contributed by atoms with van der Waals surface area (Å²) in [4.78, 5) is 12.9. The lowest BCUT2D eigenvalue weighted by Gasteiger charge is -2.29. The van der Waals surface area contributed by atoms with E-state index >= 15 is 0 Å². The molecule has 2 aromatic rings. The second-order valence-electron chi connectivity index (χ2n) is 7.39. The Morgan fingerprint density at radius 1 is 1.03 bits per heavy atom. The summed E-state index contributed by atoms with van der Waals surface area (Å²) in [5.74, 6) is 0.862. The molecule has 0 heterocycles. The van der Waals surface area contributed by atoms with Crippen LogP contribution in [-0.2, 0) is 21.4 Å². The number of benzene rings is 2. The van der Waals surface area contributed by atoms with Crippen molar-refractivity contribution in [2.45, 2.75) is 47.2 Å². The van der Waals surface area contributed by atoms with E-state index in [1.54, 1.807) is 19.1 Å². The van der Waals surface area contributed by atoms with Gasteiger partial charge in [0.2, 0.25) is 15.9 Å². The Labute approximate surface area is 185 Å². The average molecular weight is 449 g/mol. The van der Waals surface area contributed by atoms with Crippen LogP contribution >= 0.6 is 0 Å². The molecule has 2 aromatic carbocycles. The molecule has 0 aliphatic carbocycles. The molecule has 0 spiro atoms. The Balaban J connectivity index is 2.21. The topological polar surface area (TPSA) is 84.9 Å². The van der Waals surface area contributed by atoms with Crippen LogP contribution in [0.25, 0.3) is 0 Å². The summed E-state index contributed by atoms with van der Waals surface area (Å²) in [6.07, 6.45) is 1.11. The van der Waals surface area contributed by atoms with Gasteiger partial charge in [-0.1, -0.05) is 18.2 Å². The highest BCUT2D eigenvalue weighted by atomic mass is 32.2.